The van der Waals surface area contributed by atoms with E-state index in [1.807, 2.05) is 48.5 Å². The molecule has 0 bridgehead atoms. The van der Waals surface area contributed by atoms with Crippen LogP contribution in [-0.4, -0.2) is 18.1 Å². The van der Waals surface area contributed by atoms with Crippen LogP contribution in [0.1, 0.15) is 11.1 Å². The first-order chi connectivity index (χ1) is 14.6. The van der Waals surface area contributed by atoms with Crippen molar-refractivity contribution in [3.63, 3.8) is 0 Å². The highest BCUT2D eigenvalue weighted by Crippen LogP contribution is 2.26. The van der Waals surface area contributed by atoms with Crippen molar-refractivity contribution in [1.82, 2.24) is 0 Å². The lowest BCUT2D eigenvalue weighted by molar-refractivity contribution is -0.384. The van der Waals surface area contributed by atoms with E-state index in [1.165, 1.54) is 12.1 Å². The predicted octanol–water partition coefficient (Wildman–Crippen LogP) is 5.88. The molecule has 0 atom stereocenters. The van der Waals surface area contributed by atoms with Crippen molar-refractivity contribution in [1.29, 1.82) is 5.26 Å². The van der Waals surface area contributed by atoms with Crippen molar-refractivity contribution in [2.75, 3.05) is 13.2 Å². The van der Waals surface area contributed by atoms with Gasteiger partial charge in [0.1, 0.15) is 24.7 Å². The lowest BCUT2D eigenvalue weighted by Gasteiger charge is -2.11. The third kappa shape index (κ3) is 5.69. The fraction of sp³-hybridized carbons (Fsp3) is 0.0870. The van der Waals surface area contributed by atoms with Gasteiger partial charge >= 0.3 is 0 Å². The number of para-hydroxylation sites is 1. The minimum Gasteiger partial charge on any atom is -0.490 e. The summed E-state index contributed by atoms with van der Waals surface area (Å²) in [5, 5.41) is 20.4. The minimum absolute atomic E-state index is 0.0226. The van der Waals surface area contributed by atoms with E-state index in [0.29, 0.717) is 30.1 Å². The molecule has 0 aliphatic rings. The van der Waals surface area contributed by atoms with E-state index in [4.69, 9.17) is 9.47 Å². The molecular formula is C23H17BrN2O4. The fourth-order valence-electron chi connectivity index (χ4n) is 2.67. The Bertz CT molecular complexity index is 1090. The van der Waals surface area contributed by atoms with Gasteiger partial charge in [0.05, 0.1) is 16.6 Å². The quantitative estimate of drug-likeness (QED) is 0.136. The number of halogens is 1. The fourth-order valence-corrected chi connectivity index (χ4v) is 2.94. The maximum atomic E-state index is 10.8. The number of non-ortho nitro benzene ring substituents is 1. The summed E-state index contributed by atoms with van der Waals surface area (Å²) in [6, 6.07) is 22.9. The molecule has 0 radical (unpaired) electrons. The normalized spacial score (nSPS) is 10.9. The number of ether oxygens (including phenoxy) is 2. The van der Waals surface area contributed by atoms with Crippen molar-refractivity contribution in [3.05, 3.63) is 98.5 Å². The van der Waals surface area contributed by atoms with E-state index in [2.05, 4.69) is 22.0 Å². The molecule has 0 saturated heterocycles. The molecule has 0 N–H and O–H groups in total. The Kier molecular flexibility index (Phi) is 7.19. The van der Waals surface area contributed by atoms with E-state index in [9.17, 15) is 15.4 Å². The highest BCUT2D eigenvalue weighted by molar-refractivity contribution is 9.10. The summed E-state index contributed by atoms with van der Waals surface area (Å²) in [4.78, 5) is 10.3. The third-order valence-corrected chi connectivity index (χ3v) is 4.68. The van der Waals surface area contributed by atoms with Crippen LogP contribution in [0.25, 0.3) is 11.6 Å². The van der Waals surface area contributed by atoms with E-state index in [1.54, 1.807) is 18.2 Å². The molecule has 150 valence electrons. The zero-order chi connectivity index (χ0) is 21.3. The van der Waals surface area contributed by atoms with Crippen LogP contribution in [0, 0.1) is 21.4 Å². The molecular weight excluding hydrogens is 448 g/mol. The summed E-state index contributed by atoms with van der Waals surface area (Å²) >= 11 is 3.38. The first kappa shape index (κ1) is 21.1. The average molecular weight is 465 g/mol. The van der Waals surface area contributed by atoms with Crippen LogP contribution in [0.5, 0.6) is 11.5 Å². The largest absolute Gasteiger partial charge is 0.490 e. The number of allylic oxidation sites excluding steroid dienone is 1. The maximum Gasteiger partial charge on any atom is 0.269 e. The molecule has 0 aromatic heterocycles. The summed E-state index contributed by atoms with van der Waals surface area (Å²) in [5.74, 6) is 1.37. The van der Waals surface area contributed by atoms with Crippen molar-refractivity contribution in [3.8, 4) is 17.6 Å². The predicted molar refractivity (Wildman–Crippen MR) is 118 cm³/mol. The zero-order valence-electron chi connectivity index (χ0n) is 15.8. The standard InChI is InChI=1S/C23H17BrN2O4/c24-20-7-11-22(12-8-20)29-13-14-30-23-4-2-1-3-18(23)15-19(16-25)17-5-9-21(10-6-17)26(27)28/h1-12,15H,13-14H2. The average Bonchev–Trinajstić information content (AvgIpc) is 2.77. The lowest BCUT2D eigenvalue weighted by atomic mass is 10.0. The second-order valence-electron chi connectivity index (χ2n) is 6.16. The van der Waals surface area contributed by atoms with Gasteiger partial charge < -0.3 is 9.47 Å². The van der Waals surface area contributed by atoms with Gasteiger partial charge in [-0.3, -0.25) is 10.1 Å². The summed E-state index contributed by atoms with van der Waals surface area (Å²) in [5.41, 5.74) is 1.69. The van der Waals surface area contributed by atoms with Crippen LogP contribution < -0.4 is 9.47 Å². The van der Waals surface area contributed by atoms with Gasteiger partial charge in [-0.15, -0.1) is 0 Å². The summed E-state index contributed by atoms with van der Waals surface area (Å²) < 4.78 is 12.5. The van der Waals surface area contributed by atoms with Gasteiger partial charge in [0.15, 0.2) is 0 Å². The minimum atomic E-state index is -0.473. The SMILES string of the molecule is N#CC(=Cc1ccccc1OCCOc1ccc(Br)cc1)c1ccc([N+](=O)[O-])cc1. The molecule has 0 aliphatic carbocycles. The van der Waals surface area contributed by atoms with Crippen molar-refractivity contribution >= 4 is 33.3 Å². The topological polar surface area (TPSA) is 85.4 Å². The Morgan fingerprint density at radius 3 is 2.33 bits per heavy atom. The number of rotatable bonds is 8. The molecule has 0 fully saturated rings. The number of nitriles is 1. The Balaban J connectivity index is 1.69. The third-order valence-electron chi connectivity index (χ3n) is 4.15. The molecule has 7 heteroatoms. The maximum absolute atomic E-state index is 10.8. The summed E-state index contributed by atoms with van der Waals surface area (Å²) in [6.07, 6.45) is 1.70. The highest BCUT2D eigenvalue weighted by Gasteiger charge is 2.08. The van der Waals surface area contributed by atoms with Crippen LogP contribution >= 0.6 is 15.9 Å². The van der Waals surface area contributed by atoms with Crippen LogP contribution in [0.2, 0.25) is 0 Å². The Morgan fingerprint density at radius 2 is 1.67 bits per heavy atom. The van der Waals surface area contributed by atoms with E-state index < -0.39 is 4.92 Å². The van der Waals surface area contributed by atoms with Gasteiger partial charge in [-0.2, -0.15) is 5.26 Å². The van der Waals surface area contributed by atoms with Crippen molar-refractivity contribution < 1.29 is 14.4 Å². The van der Waals surface area contributed by atoms with E-state index in [-0.39, 0.29) is 5.69 Å². The highest BCUT2D eigenvalue weighted by atomic mass is 79.9. The Morgan fingerprint density at radius 1 is 1.00 bits per heavy atom. The summed E-state index contributed by atoms with van der Waals surface area (Å²) in [6.45, 7) is 0.702. The molecule has 0 aliphatic heterocycles. The number of nitrogens with zero attached hydrogens (tertiary/aromatic N) is 2. The molecule has 0 amide bonds. The molecule has 0 spiro atoms. The Hall–Kier alpha value is -3.63. The molecule has 3 rings (SSSR count). The van der Waals surface area contributed by atoms with Crippen LogP contribution in [0.4, 0.5) is 5.69 Å². The molecule has 0 heterocycles. The van der Waals surface area contributed by atoms with E-state index in [0.717, 1.165) is 15.8 Å². The van der Waals surface area contributed by atoms with Gasteiger partial charge in [0, 0.05) is 22.2 Å². The lowest BCUT2D eigenvalue weighted by Crippen LogP contribution is -2.09. The first-order valence-electron chi connectivity index (χ1n) is 9.03. The van der Waals surface area contributed by atoms with Crippen LogP contribution in [0.3, 0.4) is 0 Å². The molecule has 3 aromatic carbocycles. The molecule has 0 saturated carbocycles. The molecule has 3 aromatic rings. The van der Waals surface area contributed by atoms with Crippen molar-refractivity contribution in [2.24, 2.45) is 0 Å². The van der Waals surface area contributed by atoms with Gasteiger partial charge in [-0.05, 0) is 54.1 Å². The second kappa shape index (κ2) is 10.2. The second-order valence-corrected chi connectivity index (χ2v) is 7.08. The van der Waals surface area contributed by atoms with Gasteiger partial charge in [0.2, 0.25) is 0 Å². The number of nitro benzene ring substituents is 1. The van der Waals surface area contributed by atoms with Crippen molar-refractivity contribution in [2.45, 2.75) is 0 Å². The van der Waals surface area contributed by atoms with Crippen LogP contribution in [0.15, 0.2) is 77.3 Å². The number of nitro groups is 1. The zero-order valence-corrected chi connectivity index (χ0v) is 17.4. The van der Waals surface area contributed by atoms with Gasteiger partial charge in [-0.1, -0.05) is 34.1 Å². The monoisotopic (exact) mass is 464 g/mol. The van der Waals surface area contributed by atoms with Gasteiger partial charge in [0.25, 0.3) is 5.69 Å². The number of hydrogen-bond acceptors (Lipinski definition) is 5. The first-order valence-corrected chi connectivity index (χ1v) is 9.83. The smallest absolute Gasteiger partial charge is 0.269 e. The van der Waals surface area contributed by atoms with E-state index >= 15 is 0 Å². The molecule has 0 unspecified atom stereocenters. The molecule has 30 heavy (non-hydrogen) atoms. The summed E-state index contributed by atoms with van der Waals surface area (Å²) in [7, 11) is 0. The number of hydrogen-bond donors (Lipinski definition) is 0. The Labute approximate surface area is 182 Å². The van der Waals surface area contributed by atoms with Crippen LogP contribution in [-0.2, 0) is 0 Å². The molecule has 6 nitrogen and oxygen atoms in total. The number of benzene rings is 3. The van der Waals surface area contributed by atoms with Gasteiger partial charge in [-0.25, -0.2) is 0 Å².